The summed E-state index contributed by atoms with van der Waals surface area (Å²) >= 11 is 1.45. The van der Waals surface area contributed by atoms with Gasteiger partial charge >= 0.3 is 0 Å². The van der Waals surface area contributed by atoms with E-state index in [1.54, 1.807) is 19.0 Å². The lowest BCUT2D eigenvalue weighted by atomic mass is 10.1. The molecule has 1 aliphatic heterocycles. The molecule has 0 radical (unpaired) electrons. The second-order valence-corrected chi connectivity index (χ2v) is 8.67. The summed E-state index contributed by atoms with van der Waals surface area (Å²) in [6, 6.07) is 20.1. The van der Waals surface area contributed by atoms with Gasteiger partial charge < -0.3 is 14.5 Å². The summed E-state index contributed by atoms with van der Waals surface area (Å²) in [7, 11) is 3.57. The summed E-state index contributed by atoms with van der Waals surface area (Å²) in [4.78, 5) is 16.9. The van der Waals surface area contributed by atoms with Crippen molar-refractivity contribution in [2.45, 2.75) is 17.0 Å². The number of likely N-dealkylation sites (N-methyl/N-ethyl adjacent to an activating group) is 1. The lowest BCUT2D eigenvalue weighted by Crippen LogP contribution is -2.38. The van der Waals surface area contributed by atoms with Gasteiger partial charge in [0.25, 0.3) is 0 Å². The molecule has 1 aliphatic rings. The van der Waals surface area contributed by atoms with Crippen LogP contribution in [0.25, 0.3) is 0 Å². The molecule has 1 aromatic heterocycles. The number of thioether (sulfide) groups is 1. The topological polar surface area (TPSA) is 63.5 Å². The van der Waals surface area contributed by atoms with Crippen LogP contribution in [0.2, 0.25) is 0 Å². The van der Waals surface area contributed by atoms with Crippen molar-refractivity contribution in [3.63, 3.8) is 0 Å². The molecule has 0 saturated carbocycles. The van der Waals surface area contributed by atoms with E-state index in [0.717, 1.165) is 35.3 Å². The van der Waals surface area contributed by atoms with Crippen LogP contribution in [0.4, 0.5) is 5.95 Å². The summed E-state index contributed by atoms with van der Waals surface area (Å²) in [5, 5.41) is 9.38. The van der Waals surface area contributed by atoms with Gasteiger partial charge in [0, 0.05) is 27.2 Å². The van der Waals surface area contributed by atoms with E-state index in [2.05, 4.69) is 31.8 Å². The average Bonchev–Trinajstić information content (AvgIpc) is 3.20. The molecule has 0 bridgehead atoms. The van der Waals surface area contributed by atoms with Crippen molar-refractivity contribution in [3.8, 4) is 0 Å². The van der Waals surface area contributed by atoms with Gasteiger partial charge in [0.15, 0.2) is 5.16 Å². The van der Waals surface area contributed by atoms with Crippen molar-refractivity contribution < 1.29 is 9.53 Å². The SMILES string of the molecule is CN(C)C(=O)C(Sc1nnc(N2CCOCC2)n1Cc1ccccc1)c1ccccc1. The number of hydrogen-bond donors (Lipinski definition) is 0. The molecule has 0 spiro atoms. The first-order valence-corrected chi connectivity index (χ1v) is 11.2. The molecule has 0 N–H and O–H groups in total. The van der Waals surface area contributed by atoms with Crippen molar-refractivity contribution >= 4 is 23.6 Å². The molecule has 31 heavy (non-hydrogen) atoms. The molecule has 1 amide bonds. The maximum atomic E-state index is 13.0. The van der Waals surface area contributed by atoms with Crippen LogP contribution >= 0.6 is 11.8 Å². The maximum absolute atomic E-state index is 13.0. The fourth-order valence-corrected chi connectivity index (χ4v) is 4.68. The Morgan fingerprint density at radius 3 is 2.32 bits per heavy atom. The number of ether oxygens (including phenoxy) is 1. The molecule has 1 atom stereocenters. The minimum Gasteiger partial charge on any atom is -0.378 e. The minimum atomic E-state index is -0.396. The normalized spacial score (nSPS) is 15.0. The number of anilines is 1. The monoisotopic (exact) mass is 437 g/mol. The quantitative estimate of drug-likeness (QED) is 0.530. The Bertz CT molecular complexity index is 988. The largest absolute Gasteiger partial charge is 0.378 e. The predicted octanol–water partition coefficient (Wildman–Crippen LogP) is 3.08. The molecule has 162 valence electrons. The molecule has 4 rings (SSSR count). The Morgan fingerprint density at radius 2 is 1.68 bits per heavy atom. The number of amides is 1. The summed E-state index contributed by atoms with van der Waals surface area (Å²) in [5.74, 6) is 0.845. The lowest BCUT2D eigenvalue weighted by Gasteiger charge is -2.28. The average molecular weight is 438 g/mol. The molecule has 3 aromatic rings. The van der Waals surface area contributed by atoms with Crippen LogP contribution in [-0.4, -0.2) is 66.0 Å². The van der Waals surface area contributed by atoms with E-state index in [1.807, 2.05) is 48.5 Å². The van der Waals surface area contributed by atoms with Crippen LogP contribution in [0.5, 0.6) is 0 Å². The van der Waals surface area contributed by atoms with Gasteiger partial charge in [-0.1, -0.05) is 72.4 Å². The number of carbonyl (C=O) groups excluding carboxylic acids is 1. The minimum absolute atomic E-state index is 0.0263. The molecule has 8 heteroatoms. The van der Waals surface area contributed by atoms with Gasteiger partial charge in [-0.25, -0.2) is 0 Å². The highest BCUT2D eigenvalue weighted by atomic mass is 32.2. The van der Waals surface area contributed by atoms with E-state index in [-0.39, 0.29) is 5.91 Å². The Morgan fingerprint density at radius 1 is 1.03 bits per heavy atom. The standard InChI is InChI=1S/C23H27N5O2S/c1-26(2)21(29)20(19-11-7-4-8-12-19)31-23-25-24-22(27-13-15-30-16-14-27)28(23)17-18-9-5-3-6-10-18/h3-12,20H,13-17H2,1-2H3. The van der Waals surface area contributed by atoms with E-state index in [1.165, 1.54) is 11.8 Å². The molecular weight excluding hydrogens is 410 g/mol. The first-order chi connectivity index (χ1) is 15.1. The molecule has 2 heterocycles. The van der Waals surface area contributed by atoms with E-state index in [9.17, 15) is 4.79 Å². The van der Waals surface area contributed by atoms with E-state index >= 15 is 0 Å². The van der Waals surface area contributed by atoms with Crippen LogP contribution in [0.1, 0.15) is 16.4 Å². The summed E-state index contributed by atoms with van der Waals surface area (Å²) in [6.07, 6.45) is 0. The van der Waals surface area contributed by atoms with Crippen molar-refractivity contribution in [3.05, 3.63) is 71.8 Å². The van der Waals surface area contributed by atoms with Crippen molar-refractivity contribution in [2.75, 3.05) is 45.3 Å². The molecule has 1 saturated heterocycles. The third-order valence-electron chi connectivity index (χ3n) is 5.17. The van der Waals surface area contributed by atoms with Crippen LogP contribution in [0.3, 0.4) is 0 Å². The van der Waals surface area contributed by atoms with Gasteiger partial charge in [-0.05, 0) is 11.1 Å². The number of hydrogen-bond acceptors (Lipinski definition) is 6. The molecule has 0 aliphatic carbocycles. The number of nitrogens with zero attached hydrogens (tertiary/aromatic N) is 5. The molecule has 1 unspecified atom stereocenters. The van der Waals surface area contributed by atoms with E-state index in [0.29, 0.717) is 19.8 Å². The maximum Gasteiger partial charge on any atom is 0.240 e. The predicted molar refractivity (Wildman–Crippen MR) is 122 cm³/mol. The van der Waals surface area contributed by atoms with E-state index < -0.39 is 5.25 Å². The van der Waals surface area contributed by atoms with Gasteiger partial charge in [0.1, 0.15) is 5.25 Å². The van der Waals surface area contributed by atoms with Gasteiger partial charge in [0.05, 0.1) is 19.8 Å². The smallest absolute Gasteiger partial charge is 0.240 e. The highest BCUT2D eigenvalue weighted by molar-refractivity contribution is 8.00. The Balaban J connectivity index is 1.70. The zero-order valence-electron chi connectivity index (χ0n) is 17.8. The summed E-state index contributed by atoms with van der Waals surface area (Å²) in [5.41, 5.74) is 2.11. The van der Waals surface area contributed by atoms with Crippen LogP contribution < -0.4 is 4.90 Å². The van der Waals surface area contributed by atoms with Crippen LogP contribution in [-0.2, 0) is 16.1 Å². The Hall–Kier alpha value is -2.84. The highest BCUT2D eigenvalue weighted by Gasteiger charge is 2.28. The van der Waals surface area contributed by atoms with Gasteiger partial charge in [-0.3, -0.25) is 9.36 Å². The number of aromatic nitrogens is 3. The second kappa shape index (κ2) is 9.98. The zero-order valence-corrected chi connectivity index (χ0v) is 18.7. The van der Waals surface area contributed by atoms with Crippen molar-refractivity contribution in [2.24, 2.45) is 0 Å². The third-order valence-corrected chi connectivity index (χ3v) is 6.39. The van der Waals surface area contributed by atoms with E-state index in [4.69, 9.17) is 4.74 Å². The molecule has 2 aromatic carbocycles. The Kier molecular flexibility index (Phi) is 6.89. The van der Waals surface area contributed by atoms with Crippen LogP contribution in [0.15, 0.2) is 65.8 Å². The van der Waals surface area contributed by atoms with Crippen molar-refractivity contribution in [1.82, 2.24) is 19.7 Å². The fourth-order valence-electron chi connectivity index (χ4n) is 3.50. The summed E-state index contributed by atoms with van der Waals surface area (Å²) in [6.45, 7) is 3.53. The van der Waals surface area contributed by atoms with Crippen LogP contribution in [0, 0.1) is 0 Å². The number of carbonyl (C=O) groups is 1. The van der Waals surface area contributed by atoms with Gasteiger partial charge in [0.2, 0.25) is 11.9 Å². The molecule has 7 nitrogen and oxygen atoms in total. The van der Waals surface area contributed by atoms with Gasteiger partial charge in [-0.15, -0.1) is 10.2 Å². The van der Waals surface area contributed by atoms with Gasteiger partial charge in [-0.2, -0.15) is 0 Å². The number of morpholine rings is 1. The highest BCUT2D eigenvalue weighted by Crippen LogP contribution is 2.37. The zero-order chi connectivity index (χ0) is 21.6. The molecular formula is C23H27N5O2S. The fraction of sp³-hybridized carbons (Fsp3) is 0.348. The first-order valence-electron chi connectivity index (χ1n) is 10.4. The number of benzene rings is 2. The van der Waals surface area contributed by atoms with Crippen molar-refractivity contribution in [1.29, 1.82) is 0 Å². The third kappa shape index (κ3) is 5.08. The Labute approximate surface area is 187 Å². The first kappa shape index (κ1) is 21.4. The summed E-state index contributed by atoms with van der Waals surface area (Å²) < 4.78 is 7.63. The molecule has 1 fully saturated rings. The second-order valence-electron chi connectivity index (χ2n) is 7.59. The number of rotatable bonds is 7. The lowest BCUT2D eigenvalue weighted by molar-refractivity contribution is -0.128.